The molecule has 0 saturated carbocycles. The minimum Gasteiger partial charge on any atom is -0.355 e. The van der Waals surface area contributed by atoms with E-state index in [2.05, 4.69) is 15.6 Å². The van der Waals surface area contributed by atoms with Crippen LogP contribution in [0.4, 0.5) is 0 Å². The van der Waals surface area contributed by atoms with Gasteiger partial charge in [-0.3, -0.25) is 14.6 Å². The number of hydrogen-bond acceptors (Lipinski definition) is 3. The lowest BCUT2D eigenvalue weighted by Gasteiger charge is -2.14. The van der Waals surface area contributed by atoms with Crippen LogP contribution in [0.25, 0.3) is 10.9 Å². The fourth-order valence-electron chi connectivity index (χ4n) is 2.29. The predicted molar refractivity (Wildman–Crippen MR) is 86.8 cm³/mol. The molecule has 0 bridgehead atoms. The topological polar surface area (TPSA) is 71.1 Å². The Labute approximate surface area is 130 Å². The first kappa shape index (κ1) is 15.9. The van der Waals surface area contributed by atoms with Crippen molar-refractivity contribution in [1.29, 1.82) is 0 Å². The summed E-state index contributed by atoms with van der Waals surface area (Å²) in [6, 6.07) is 7.17. The molecule has 2 aromatic rings. The Morgan fingerprint density at radius 2 is 1.95 bits per heavy atom. The number of aryl methyl sites for hydroxylation is 2. The number of benzene rings is 1. The molecule has 1 aromatic heterocycles. The van der Waals surface area contributed by atoms with Gasteiger partial charge < -0.3 is 10.6 Å². The summed E-state index contributed by atoms with van der Waals surface area (Å²) in [5, 5.41) is 6.31. The van der Waals surface area contributed by atoms with Crippen LogP contribution in [0.5, 0.6) is 0 Å². The molecule has 0 spiro atoms. The Hall–Kier alpha value is -2.43. The molecule has 2 amide bonds. The number of amides is 2. The summed E-state index contributed by atoms with van der Waals surface area (Å²) >= 11 is 0. The minimum absolute atomic E-state index is 0.196. The number of fused-ring (bicyclic) bond motifs is 1. The smallest absolute Gasteiger partial charge is 0.253 e. The molecule has 5 nitrogen and oxygen atoms in total. The lowest BCUT2D eigenvalue weighted by Crippen LogP contribution is -2.44. The second-order valence-electron chi connectivity index (χ2n) is 5.41. The van der Waals surface area contributed by atoms with Crippen LogP contribution in [-0.2, 0) is 4.79 Å². The molecule has 0 aliphatic heterocycles. The van der Waals surface area contributed by atoms with Gasteiger partial charge in [-0.05, 0) is 45.9 Å². The molecule has 1 aromatic carbocycles. The summed E-state index contributed by atoms with van der Waals surface area (Å²) in [7, 11) is 0. The van der Waals surface area contributed by atoms with Crippen molar-refractivity contribution >= 4 is 22.7 Å². The van der Waals surface area contributed by atoms with Gasteiger partial charge in [0.05, 0.1) is 16.8 Å². The highest BCUT2D eigenvalue weighted by atomic mass is 16.2. The van der Waals surface area contributed by atoms with Crippen molar-refractivity contribution in [3.8, 4) is 0 Å². The fraction of sp³-hybridized carbons (Fsp3) is 0.353. The van der Waals surface area contributed by atoms with E-state index in [1.807, 2.05) is 38.1 Å². The molecule has 2 rings (SSSR count). The molecule has 0 aliphatic carbocycles. The van der Waals surface area contributed by atoms with Crippen molar-refractivity contribution in [2.45, 2.75) is 33.7 Å². The van der Waals surface area contributed by atoms with E-state index >= 15 is 0 Å². The van der Waals surface area contributed by atoms with Gasteiger partial charge in [0.2, 0.25) is 5.91 Å². The van der Waals surface area contributed by atoms with Crippen LogP contribution in [-0.4, -0.2) is 29.4 Å². The number of carbonyl (C=O) groups is 2. The largest absolute Gasteiger partial charge is 0.355 e. The maximum Gasteiger partial charge on any atom is 0.253 e. The number of nitrogens with zero attached hydrogens (tertiary/aromatic N) is 1. The SMILES string of the molecule is CCNC(=O)C(C)NC(=O)c1cc2cc(C)ccc2nc1C. The van der Waals surface area contributed by atoms with Crippen molar-refractivity contribution in [3.63, 3.8) is 0 Å². The molecule has 1 heterocycles. The quantitative estimate of drug-likeness (QED) is 0.908. The molecule has 116 valence electrons. The fourth-order valence-corrected chi connectivity index (χ4v) is 2.29. The Balaban J connectivity index is 2.27. The lowest BCUT2D eigenvalue weighted by molar-refractivity contribution is -0.122. The van der Waals surface area contributed by atoms with E-state index in [9.17, 15) is 9.59 Å². The van der Waals surface area contributed by atoms with E-state index in [-0.39, 0.29) is 11.8 Å². The van der Waals surface area contributed by atoms with Crippen molar-refractivity contribution < 1.29 is 9.59 Å². The molecule has 22 heavy (non-hydrogen) atoms. The van der Waals surface area contributed by atoms with E-state index in [0.29, 0.717) is 17.8 Å². The number of pyridine rings is 1. The van der Waals surface area contributed by atoms with E-state index < -0.39 is 6.04 Å². The maximum absolute atomic E-state index is 12.4. The van der Waals surface area contributed by atoms with Gasteiger partial charge in [-0.1, -0.05) is 11.6 Å². The molecular formula is C17H21N3O2. The summed E-state index contributed by atoms with van der Waals surface area (Å²) in [6.07, 6.45) is 0. The monoisotopic (exact) mass is 299 g/mol. The molecule has 2 N–H and O–H groups in total. The molecular weight excluding hydrogens is 278 g/mol. The van der Waals surface area contributed by atoms with Crippen LogP contribution in [0.2, 0.25) is 0 Å². The second kappa shape index (κ2) is 6.56. The number of aromatic nitrogens is 1. The van der Waals surface area contributed by atoms with Crippen molar-refractivity contribution in [3.05, 3.63) is 41.1 Å². The zero-order valence-corrected chi connectivity index (χ0v) is 13.4. The normalized spacial score (nSPS) is 12.0. The summed E-state index contributed by atoms with van der Waals surface area (Å²) in [4.78, 5) is 28.6. The average Bonchev–Trinajstić information content (AvgIpc) is 2.47. The summed E-state index contributed by atoms with van der Waals surface area (Å²) in [5.41, 5.74) is 3.11. The number of likely N-dealkylation sites (N-methyl/N-ethyl adjacent to an activating group) is 1. The highest BCUT2D eigenvalue weighted by molar-refractivity contribution is 6.00. The lowest BCUT2D eigenvalue weighted by atomic mass is 10.1. The Bertz CT molecular complexity index is 725. The van der Waals surface area contributed by atoms with Crippen LogP contribution in [0, 0.1) is 13.8 Å². The van der Waals surface area contributed by atoms with E-state index in [4.69, 9.17) is 0 Å². The van der Waals surface area contributed by atoms with Gasteiger partial charge in [-0.25, -0.2) is 0 Å². The van der Waals surface area contributed by atoms with Crippen LogP contribution < -0.4 is 10.6 Å². The van der Waals surface area contributed by atoms with Gasteiger partial charge in [0.1, 0.15) is 6.04 Å². The van der Waals surface area contributed by atoms with Gasteiger partial charge in [0, 0.05) is 11.9 Å². The van der Waals surface area contributed by atoms with Crippen molar-refractivity contribution in [2.75, 3.05) is 6.54 Å². The molecule has 1 unspecified atom stereocenters. The van der Waals surface area contributed by atoms with Crippen molar-refractivity contribution in [2.24, 2.45) is 0 Å². The molecule has 1 atom stereocenters. The predicted octanol–water partition coefficient (Wildman–Crippen LogP) is 2.11. The molecule has 0 aliphatic rings. The maximum atomic E-state index is 12.4. The van der Waals surface area contributed by atoms with Gasteiger partial charge >= 0.3 is 0 Å². The van der Waals surface area contributed by atoms with E-state index in [1.165, 1.54) is 0 Å². The number of nitrogens with one attached hydrogen (secondary N) is 2. The average molecular weight is 299 g/mol. The molecule has 0 radical (unpaired) electrons. The van der Waals surface area contributed by atoms with Gasteiger partial charge in [-0.2, -0.15) is 0 Å². The third-order valence-corrected chi connectivity index (χ3v) is 3.50. The molecule has 5 heteroatoms. The van der Waals surface area contributed by atoms with Crippen LogP contribution >= 0.6 is 0 Å². The summed E-state index contributed by atoms with van der Waals surface area (Å²) < 4.78 is 0. The zero-order chi connectivity index (χ0) is 16.3. The first-order chi connectivity index (χ1) is 10.4. The highest BCUT2D eigenvalue weighted by Gasteiger charge is 2.18. The van der Waals surface area contributed by atoms with Gasteiger partial charge in [0.25, 0.3) is 5.91 Å². The summed E-state index contributed by atoms with van der Waals surface area (Å²) in [5.74, 6) is -0.481. The molecule has 0 fully saturated rings. The van der Waals surface area contributed by atoms with E-state index in [0.717, 1.165) is 16.5 Å². The van der Waals surface area contributed by atoms with Crippen molar-refractivity contribution in [1.82, 2.24) is 15.6 Å². The van der Waals surface area contributed by atoms with Crippen LogP contribution in [0.1, 0.15) is 35.5 Å². The highest BCUT2D eigenvalue weighted by Crippen LogP contribution is 2.18. The first-order valence-corrected chi connectivity index (χ1v) is 7.39. The van der Waals surface area contributed by atoms with Gasteiger partial charge in [-0.15, -0.1) is 0 Å². The van der Waals surface area contributed by atoms with E-state index in [1.54, 1.807) is 13.8 Å². The number of carbonyl (C=O) groups excluding carboxylic acids is 2. The second-order valence-corrected chi connectivity index (χ2v) is 5.41. The van der Waals surface area contributed by atoms with Crippen LogP contribution in [0.3, 0.4) is 0 Å². The Kier molecular flexibility index (Phi) is 4.75. The van der Waals surface area contributed by atoms with Gasteiger partial charge in [0.15, 0.2) is 0 Å². The number of hydrogen-bond donors (Lipinski definition) is 2. The number of rotatable bonds is 4. The Morgan fingerprint density at radius 1 is 1.23 bits per heavy atom. The Morgan fingerprint density at radius 3 is 2.64 bits per heavy atom. The minimum atomic E-state index is -0.583. The zero-order valence-electron chi connectivity index (χ0n) is 13.4. The summed E-state index contributed by atoms with van der Waals surface area (Å²) in [6.45, 7) is 7.83. The molecule has 0 saturated heterocycles. The third kappa shape index (κ3) is 3.42. The third-order valence-electron chi connectivity index (χ3n) is 3.50. The standard InChI is InChI=1S/C17H21N3O2/c1-5-18-16(21)12(4)20-17(22)14-9-13-8-10(2)6-7-15(13)19-11(14)3/h6-9,12H,5H2,1-4H3,(H,18,21)(H,20,22). The first-order valence-electron chi connectivity index (χ1n) is 7.39. The van der Waals surface area contributed by atoms with Crippen LogP contribution in [0.15, 0.2) is 24.3 Å².